The molecule has 156 valence electrons. The third-order valence-corrected chi connectivity index (χ3v) is 5.22. The highest BCUT2D eigenvalue weighted by Crippen LogP contribution is 2.31. The summed E-state index contributed by atoms with van der Waals surface area (Å²) < 4.78 is 12.0. The lowest BCUT2D eigenvalue weighted by molar-refractivity contribution is -0.163. The standard InChI is InChI=1S/C22H25BrClNO4/c1-6-18(21(27)29-22(2,3)4)28-19-10-8-7-9-17(19)25(5)20(26)14-11-12-16(24)15(23)13-14/h7-13,18H,6H2,1-5H3. The molecule has 0 radical (unpaired) electrons. The predicted octanol–water partition coefficient (Wildman–Crippen LogP) is 5.88. The highest BCUT2D eigenvalue weighted by Gasteiger charge is 2.27. The minimum Gasteiger partial charge on any atom is -0.477 e. The minimum atomic E-state index is -0.774. The van der Waals surface area contributed by atoms with Crippen LogP contribution in [0.25, 0.3) is 0 Å². The maximum absolute atomic E-state index is 13.0. The van der Waals surface area contributed by atoms with E-state index in [0.717, 1.165) is 0 Å². The van der Waals surface area contributed by atoms with Crippen molar-refractivity contribution in [3.63, 3.8) is 0 Å². The molecule has 0 aliphatic heterocycles. The summed E-state index contributed by atoms with van der Waals surface area (Å²) in [4.78, 5) is 26.9. The summed E-state index contributed by atoms with van der Waals surface area (Å²) in [6.07, 6.45) is -0.339. The van der Waals surface area contributed by atoms with Crippen LogP contribution in [-0.2, 0) is 9.53 Å². The van der Waals surface area contributed by atoms with E-state index in [1.54, 1.807) is 49.5 Å². The fourth-order valence-electron chi connectivity index (χ4n) is 2.59. The van der Waals surface area contributed by atoms with Crippen molar-refractivity contribution in [2.75, 3.05) is 11.9 Å². The van der Waals surface area contributed by atoms with Gasteiger partial charge in [0, 0.05) is 17.1 Å². The van der Waals surface area contributed by atoms with Crippen LogP contribution in [0.15, 0.2) is 46.9 Å². The van der Waals surface area contributed by atoms with Crippen LogP contribution in [0.4, 0.5) is 5.69 Å². The van der Waals surface area contributed by atoms with E-state index in [-0.39, 0.29) is 5.91 Å². The Bertz CT molecular complexity index is 895. The summed E-state index contributed by atoms with van der Waals surface area (Å²) in [6, 6.07) is 12.1. The third-order valence-electron chi connectivity index (χ3n) is 4.01. The number of ether oxygens (including phenoxy) is 2. The van der Waals surface area contributed by atoms with Crippen molar-refractivity contribution in [3.8, 4) is 5.75 Å². The summed E-state index contributed by atoms with van der Waals surface area (Å²) in [5.41, 5.74) is 0.408. The molecule has 1 amide bonds. The van der Waals surface area contributed by atoms with Crippen molar-refractivity contribution in [2.45, 2.75) is 45.8 Å². The summed E-state index contributed by atoms with van der Waals surface area (Å²) in [7, 11) is 1.65. The zero-order chi connectivity index (χ0) is 21.8. The Labute approximate surface area is 185 Å². The molecule has 0 aliphatic rings. The number of carbonyl (C=O) groups excluding carboxylic acids is 2. The fraction of sp³-hybridized carbons (Fsp3) is 0.364. The van der Waals surface area contributed by atoms with E-state index in [1.807, 2.05) is 27.7 Å². The van der Waals surface area contributed by atoms with Gasteiger partial charge < -0.3 is 14.4 Å². The molecule has 7 heteroatoms. The summed E-state index contributed by atoms with van der Waals surface area (Å²) in [6.45, 7) is 7.27. The molecule has 0 bridgehead atoms. The van der Waals surface area contributed by atoms with Gasteiger partial charge in [0.05, 0.1) is 10.7 Å². The van der Waals surface area contributed by atoms with E-state index in [9.17, 15) is 9.59 Å². The van der Waals surface area contributed by atoms with Gasteiger partial charge in [0.25, 0.3) is 5.91 Å². The second-order valence-electron chi connectivity index (χ2n) is 7.51. The van der Waals surface area contributed by atoms with Crippen molar-refractivity contribution < 1.29 is 19.1 Å². The highest BCUT2D eigenvalue weighted by atomic mass is 79.9. The smallest absolute Gasteiger partial charge is 0.347 e. The molecule has 0 aromatic heterocycles. The van der Waals surface area contributed by atoms with Gasteiger partial charge in [-0.05, 0) is 73.5 Å². The Morgan fingerprint density at radius 1 is 1.17 bits per heavy atom. The van der Waals surface area contributed by atoms with Gasteiger partial charge in [-0.3, -0.25) is 4.79 Å². The van der Waals surface area contributed by atoms with Crippen LogP contribution < -0.4 is 9.64 Å². The van der Waals surface area contributed by atoms with E-state index in [2.05, 4.69) is 15.9 Å². The zero-order valence-corrected chi connectivity index (χ0v) is 19.5. The van der Waals surface area contributed by atoms with Crippen LogP contribution in [0.2, 0.25) is 5.02 Å². The molecule has 2 aromatic carbocycles. The normalized spacial score (nSPS) is 12.2. The number of hydrogen-bond acceptors (Lipinski definition) is 4. The molecule has 0 saturated heterocycles. The molecule has 29 heavy (non-hydrogen) atoms. The number of halogens is 2. The average molecular weight is 483 g/mol. The van der Waals surface area contributed by atoms with Crippen molar-refractivity contribution >= 4 is 45.1 Å². The number of rotatable bonds is 6. The molecule has 2 aromatic rings. The fourth-order valence-corrected chi connectivity index (χ4v) is 3.08. The van der Waals surface area contributed by atoms with Gasteiger partial charge >= 0.3 is 5.97 Å². The quantitative estimate of drug-likeness (QED) is 0.483. The Morgan fingerprint density at radius 3 is 2.41 bits per heavy atom. The van der Waals surface area contributed by atoms with Crippen LogP contribution in [0, 0.1) is 0 Å². The molecule has 5 nitrogen and oxygen atoms in total. The Hall–Kier alpha value is -2.05. The van der Waals surface area contributed by atoms with E-state index in [0.29, 0.717) is 32.9 Å². The first kappa shape index (κ1) is 23.2. The lowest BCUT2D eigenvalue weighted by atomic mass is 10.1. The first-order valence-electron chi connectivity index (χ1n) is 9.25. The average Bonchev–Trinajstić information content (AvgIpc) is 2.66. The van der Waals surface area contributed by atoms with Crippen LogP contribution in [0.3, 0.4) is 0 Å². The van der Waals surface area contributed by atoms with Crippen LogP contribution >= 0.6 is 27.5 Å². The first-order chi connectivity index (χ1) is 13.5. The largest absolute Gasteiger partial charge is 0.477 e. The number of hydrogen-bond donors (Lipinski definition) is 0. The molecule has 0 aliphatic carbocycles. The lowest BCUT2D eigenvalue weighted by Gasteiger charge is -2.26. The Balaban J connectivity index is 2.27. The van der Waals surface area contributed by atoms with E-state index < -0.39 is 17.7 Å². The third kappa shape index (κ3) is 6.21. The monoisotopic (exact) mass is 481 g/mol. The minimum absolute atomic E-state index is 0.233. The molecule has 0 heterocycles. The molecule has 0 fully saturated rings. The second-order valence-corrected chi connectivity index (χ2v) is 8.77. The van der Waals surface area contributed by atoms with Crippen LogP contribution in [0.5, 0.6) is 5.75 Å². The lowest BCUT2D eigenvalue weighted by Crippen LogP contribution is -2.35. The summed E-state index contributed by atoms with van der Waals surface area (Å²) >= 11 is 9.36. The topological polar surface area (TPSA) is 55.8 Å². The van der Waals surface area contributed by atoms with E-state index in [1.165, 1.54) is 4.90 Å². The number of carbonyl (C=O) groups is 2. The molecular formula is C22H25BrClNO4. The van der Waals surface area contributed by atoms with Gasteiger partial charge in [-0.25, -0.2) is 4.79 Å². The maximum atomic E-state index is 13.0. The van der Waals surface area contributed by atoms with Gasteiger partial charge in [0.15, 0.2) is 6.10 Å². The number of esters is 1. The number of para-hydroxylation sites is 2. The Kier molecular flexibility index (Phi) is 7.72. The van der Waals surface area contributed by atoms with E-state index >= 15 is 0 Å². The van der Waals surface area contributed by atoms with E-state index in [4.69, 9.17) is 21.1 Å². The van der Waals surface area contributed by atoms with Crippen molar-refractivity contribution in [1.82, 2.24) is 0 Å². The molecule has 0 spiro atoms. The number of nitrogens with zero attached hydrogens (tertiary/aromatic N) is 1. The first-order valence-corrected chi connectivity index (χ1v) is 10.4. The van der Waals surface area contributed by atoms with Gasteiger partial charge in [-0.15, -0.1) is 0 Å². The summed E-state index contributed by atoms with van der Waals surface area (Å²) in [5, 5.41) is 0.524. The number of benzene rings is 2. The van der Waals surface area contributed by atoms with Gasteiger partial charge in [0.2, 0.25) is 0 Å². The molecule has 2 rings (SSSR count). The molecule has 1 atom stereocenters. The number of anilines is 1. The van der Waals surface area contributed by atoms with Gasteiger partial charge in [-0.2, -0.15) is 0 Å². The summed E-state index contributed by atoms with van der Waals surface area (Å²) in [5.74, 6) is -0.247. The van der Waals surface area contributed by atoms with Crippen LogP contribution in [-0.4, -0.2) is 30.6 Å². The highest BCUT2D eigenvalue weighted by molar-refractivity contribution is 9.10. The van der Waals surface area contributed by atoms with Crippen molar-refractivity contribution in [2.24, 2.45) is 0 Å². The molecule has 0 saturated carbocycles. The van der Waals surface area contributed by atoms with Crippen molar-refractivity contribution in [3.05, 3.63) is 57.5 Å². The maximum Gasteiger partial charge on any atom is 0.347 e. The van der Waals surface area contributed by atoms with Gasteiger partial charge in [0.1, 0.15) is 11.4 Å². The second kappa shape index (κ2) is 9.63. The Morgan fingerprint density at radius 2 is 1.83 bits per heavy atom. The molecular weight excluding hydrogens is 458 g/mol. The predicted molar refractivity (Wildman–Crippen MR) is 119 cm³/mol. The van der Waals surface area contributed by atoms with Crippen molar-refractivity contribution in [1.29, 1.82) is 0 Å². The van der Waals surface area contributed by atoms with Crippen LogP contribution in [0.1, 0.15) is 44.5 Å². The SMILES string of the molecule is CCC(Oc1ccccc1N(C)C(=O)c1ccc(Cl)c(Br)c1)C(=O)OC(C)(C)C. The van der Waals surface area contributed by atoms with Gasteiger partial charge in [-0.1, -0.05) is 30.7 Å². The zero-order valence-electron chi connectivity index (χ0n) is 17.2. The molecule has 1 unspecified atom stereocenters. The molecule has 0 N–H and O–H groups in total. The number of amides is 1.